The molecule has 0 fully saturated rings. The number of benzene rings is 1. The second-order valence-electron chi connectivity index (χ2n) is 3.96. The Hall–Kier alpha value is -0.490. The van der Waals surface area contributed by atoms with E-state index in [-0.39, 0.29) is 5.38 Å². The molecule has 13 heavy (non-hydrogen) atoms. The first-order valence-electron chi connectivity index (χ1n) is 4.82. The lowest BCUT2D eigenvalue weighted by Gasteiger charge is -2.07. The summed E-state index contributed by atoms with van der Waals surface area (Å²) in [5.74, 6) is 0.722. The van der Waals surface area contributed by atoms with Gasteiger partial charge in [0.2, 0.25) is 0 Å². The Morgan fingerprint density at radius 2 is 1.62 bits per heavy atom. The van der Waals surface area contributed by atoms with Crippen molar-refractivity contribution >= 4 is 11.6 Å². The highest BCUT2D eigenvalue weighted by Gasteiger charge is 2.01. The summed E-state index contributed by atoms with van der Waals surface area (Å²) in [6.45, 7) is 6.47. The average Bonchev–Trinajstić information content (AvgIpc) is 2.04. The first kappa shape index (κ1) is 10.6. The molecule has 72 valence electrons. The van der Waals surface area contributed by atoms with E-state index in [0.717, 1.165) is 12.3 Å². The van der Waals surface area contributed by atoms with Gasteiger partial charge in [-0.1, -0.05) is 38.1 Å². The van der Waals surface area contributed by atoms with E-state index in [2.05, 4.69) is 38.1 Å². The van der Waals surface area contributed by atoms with Crippen LogP contribution in [0.15, 0.2) is 24.3 Å². The fraction of sp³-hybridized carbons (Fsp3) is 0.500. The average molecular weight is 197 g/mol. The molecule has 1 aromatic rings. The van der Waals surface area contributed by atoms with Crippen molar-refractivity contribution in [3.8, 4) is 0 Å². The van der Waals surface area contributed by atoms with Crippen LogP contribution >= 0.6 is 11.6 Å². The second kappa shape index (κ2) is 4.66. The lowest BCUT2D eigenvalue weighted by Crippen LogP contribution is -1.94. The van der Waals surface area contributed by atoms with Gasteiger partial charge in [0, 0.05) is 0 Å². The molecule has 0 aliphatic heterocycles. The van der Waals surface area contributed by atoms with E-state index in [1.54, 1.807) is 0 Å². The number of hydrogen-bond acceptors (Lipinski definition) is 0. The normalized spacial score (nSPS) is 13.3. The van der Waals surface area contributed by atoms with Gasteiger partial charge in [-0.15, -0.1) is 11.6 Å². The lowest BCUT2D eigenvalue weighted by atomic mass is 10.0. The quantitative estimate of drug-likeness (QED) is 0.637. The van der Waals surface area contributed by atoms with Crippen LogP contribution in [0.5, 0.6) is 0 Å². The van der Waals surface area contributed by atoms with Crippen LogP contribution in [-0.2, 0) is 6.42 Å². The van der Waals surface area contributed by atoms with Gasteiger partial charge in [-0.2, -0.15) is 0 Å². The molecule has 1 aromatic carbocycles. The molecule has 1 heteroatoms. The summed E-state index contributed by atoms with van der Waals surface area (Å²) >= 11 is 5.96. The molecular formula is C12H17Cl. The summed E-state index contributed by atoms with van der Waals surface area (Å²) < 4.78 is 0. The Labute approximate surface area is 85.9 Å². The van der Waals surface area contributed by atoms with E-state index in [4.69, 9.17) is 11.6 Å². The Morgan fingerprint density at radius 3 is 2.00 bits per heavy atom. The topological polar surface area (TPSA) is 0 Å². The third-order valence-electron chi connectivity index (χ3n) is 2.08. The van der Waals surface area contributed by atoms with Gasteiger partial charge in [-0.25, -0.2) is 0 Å². The molecule has 0 nitrogen and oxygen atoms in total. The summed E-state index contributed by atoms with van der Waals surface area (Å²) in [6.07, 6.45) is 1.15. The fourth-order valence-corrected chi connectivity index (χ4v) is 1.54. The van der Waals surface area contributed by atoms with E-state index >= 15 is 0 Å². The monoisotopic (exact) mass is 196 g/mol. The van der Waals surface area contributed by atoms with Gasteiger partial charge < -0.3 is 0 Å². The van der Waals surface area contributed by atoms with Crippen LogP contribution in [0.2, 0.25) is 0 Å². The van der Waals surface area contributed by atoms with Crippen LogP contribution in [0.4, 0.5) is 0 Å². The van der Waals surface area contributed by atoms with Gasteiger partial charge in [0.1, 0.15) is 0 Å². The van der Waals surface area contributed by atoms with Gasteiger partial charge >= 0.3 is 0 Å². The van der Waals surface area contributed by atoms with E-state index in [1.165, 1.54) is 11.1 Å². The van der Waals surface area contributed by atoms with Gasteiger partial charge in [0.25, 0.3) is 0 Å². The molecule has 0 aromatic heterocycles. The molecule has 0 bridgehead atoms. The first-order chi connectivity index (χ1) is 6.09. The van der Waals surface area contributed by atoms with Crippen molar-refractivity contribution in [2.24, 2.45) is 5.92 Å². The molecule has 0 heterocycles. The maximum Gasteiger partial charge on any atom is 0.0557 e. The molecule has 0 saturated heterocycles. The van der Waals surface area contributed by atoms with Crippen molar-refractivity contribution in [1.82, 2.24) is 0 Å². The molecule has 0 N–H and O–H groups in total. The zero-order valence-electron chi connectivity index (χ0n) is 8.55. The number of halogens is 1. The van der Waals surface area contributed by atoms with E-state index in [9.17, 15) is 0 Å². The fourth-order valence-electron chi connectivity index (χ4n) is 1.39. The Bertz CT molecular complexity index is 246. The summed E-state index contributed by atoms with van der Waals surface area (Å²) in [6, 6.07) is 8.59. The molecule has 0 aliphatic carbocycles. The smallest absolute Gasteiger partial charge is 0.0557 e. The SMILES string of the molecule is CC(C)Cc1ccc([C@@H](C)Cl)cc1. The molecule has 0 unspecified atom stereocenters. The first-order valence-corrected chi connectivity index (χ1v) is 5.26. The highest BCUT2D eigenvalue weighted by atomic mass is 35.5. The third-order valence-corrected chi connectivity index (χ3v) is 2.33. The summed E-state index contributed by atoms with van der Waals surface area (Å²) in [5.41, 5.74) is 2.60. The maximum atomic E-state index is 5.96. The van der Waals surface area contributed by atoms with Gasteiger partial charge in [-0.05, 0) is 30.4 Å². The molecule has 0 amide bonds. The molecule has 0 saturated carbocycles. The zero-order chi connectivity index (χ0) is 9.84. The van der Waals surface area contributed by atoms with E-state index < -0.39 is 0 Å². The van der Waals surface area contributed by atoms with Crippen LogP contribution in [0, 0.1) is 5.92 Å². The third kappa shape index (κ3) is 3.40. The minimum Gasteiger partial charge on any atom is -0.118 e. The zero-order valence-corrected chi connectivity index (χ0v) is 9.31. The second-order valence-corrected chi connectivity index (χ2v) is 4.61. The number of hydrogen-bond donors (Lipinski definition) is 0. The van der Waals surface area contributed by atoms with Crippen molar-refractivity contribution in [2.45, 2.75) is 32.6 Å². The number of rotatable bonds is 3. The Balaban J connectivity index is 2.70. The lowest BCUT2D eigenvalue weighted by molar-refractivity contribution is 0.647. The van der Waals surface area contributed by atoms with Crippen molar-refractivity contribution < 1.29 is 0 Å². The molecule has 1 rings (SSSR count). The van der Waals surface area contributed by atoms with Crippen LogP contribution in [0.3, 0.4) is 0 Å². The number of alkyl halides is 1. The van der Waals surface area contributed by atoms with E-state index in [0.29, 0.717) is 0 Å². The van der Waals surface area contributed by atoms with E-state index in [1.807, 2.05) is 6.92 Å². The predicted molar refractivity (Wildman–Crippen MR) is 59.3 cm³/mol. The van der Waals surface area contributed by atoms with Gasteiger partial charge in [0.05, 0.1) is 5.38 Å². The summed E-state index contributed by atoms with van der Waals surface area (Å²) in [4.78, 5) is 0. The van der Waals surface area contributed by atoms with Gasteiger partial charge in [0.15, 0.2) is 0 Å². The molecular weight excluding hydrogens is 180 g/mol. The van der Waals surface area contributed by atoms with Crippen molar-refractivity contribution in [3.63, 3.8) is 0 Å². The molecule has 0 spiro atoms. The largest absolute Gasteiger partial charge is 0.118 e. The molecule has 0 radical (unpaired) electrons. The van der Waals surface area contributed by atoms with Crippen LogP contribution in [0.1, 0.15) is 37.3 Å². The Kier molecular flexibility index (Phi) is 3.80. The molecule has 1 atom stereocenters. The highest BCUT2D eigenvalue weighted by Crippen LogP contribution is 2.20. The minimum atomic E-state index is 0.119. The van der Waals surface area contributed by atoms with Crippen molar-refractivity contribution in [1.29, 1.82) is 0 Å². The van der Waals surface area contributed by atoms with Crippen molar-refractivity contribution in [3.05, 3.63) is 35.4 Å². The van der Waals surface area contributed by atoms with Crippen LogP contribution < -0.4 is 0 Å². The standard InChI is InChI=1S/C12H17Cl/c1-9(2)8-11-4-6-12(7-5-11)10(3)13/h4-7,9-10H,8H2,1-3H3/t10-/m1/s1. The predicted octanol–water partition coefficient (Wildman–Crippen LogP) is 4.18. The minimum absolute atomic E-state index is 0.119. The van der Waals surface area contributed by atoms with Crippen LogP contribution in [0.25, 0.3) is 0 Å². The summed E-state index contributed by atoms with van der Waals surface area (Å²) in [5, 5.41) is 0.119. The summed E-state index contributed by atoms with van der Waals surface area (Å²) in [7, 11) is 0. The van der Waals surface area contributed by atoms with Gasteiger partial charge in [-0.3, -0.25) is 0 Å². The Morgan fingerprint density at radius 1 is 1.08 bits per heavy atom. The molecule has 0 aliphatic rings. The van der Waals surface area contributed by atoms with Crippen molar-refractivity contribution in [2.75, 3.05) is 0 Å². The highest BCUT2D eigenvalue weighted by molar-refractivity contribution is 6.20. The van der Waals surface area contributed by atoms with Crippen LogP contribution in [-0.4, -0.2) is 0 Å². The maximum absolute atomic E-state index is 5.96.